The van der Waals surface area contributed by atoms with Gasteiger partial charge in [0.05, 0.1) is 30.0 Å². The Kier molecular flexibility index (Phi) is 4.06. The van der Waals surface area contributed by atoms with Gasteiger partial charge in [-0.1, -0.05) is 51.0 Å². The van der Waals surface area contributed by atoms with E-state index in [2.05, 4.69) is 51.1 Å². The SMILES string of the molecule is BB([C@@](B)(C)CC)[C@](B)(C)CC. The molecule has 0 aromatic rings. The first-order valence-electron chi connectivity index (χ1n) is 5.28. The van der Waals surface area contributed by atoms with E-state index in [4.69, 9.17) is 0 Å². The summed E-state index contributed by atoms with van der Waals surface area (Å²) in [4.78, 5) is 0. The van der Waals surface area contributed by atoms with Gasteiger partial charge in [0.15, 0.2) is 0 Å². The smallest absolute Gasteiger partial charge is 0.0876 e. The molecule has 2 atom stereocenters. The Morgan fingerprint density at radius 3 is 1.42 bits per heavy atom. The molecule has 0 N–H and O–H groups in total. The van der Waals surface area contributed by atoms with Crippen LogP contribution in [0.4, 0.5) is 0 Å². The maximum absolute atomic E-state index is 2.40. The molecular formula is C8H22B4. The predicted octanol–water partition coefficient (Wildman–Crippen LogP) is 0.133. The van der Waals surface area contributed by atoms with Gasteiger partial charge in [-0.3, -0.25) is 0 Å². The molecule has 0 aliphatic heterocycles. The first-order valence-corrected chi connectivity index (χ1v) is 5.28. The van der Waals surface area contributed by atoms with Crippen molar-refractivity contribution in [3.63, 3.8) is 0 Å². The zero-order valence-electron chi connectivity index (χ0n) is 9.99. The van der Waals surface area contributed by atoms with Gasteiger partial charge in [-0.25, -0.2) is 0 Å². The van der Waals surface area contributed by atoms with Crippen LogP contribution >= 0.6 is 0 Å². The lowest BCUT2D eigenvalue weighted by molar-refractivity contribution is 0.713. The summed E-state index contributed by atoms with van der Waals surface area (Å²) in [5.41, 5.74) is 0. The molecule has 0 bridgehead atoms. The predicted molar refractivity (Wildman–Crippen MR) is 68.7 cm³/mol. The minimum atomic E-state index is 0.486. The average Bonchev–Trinajstić information content (AvgIpc) is 2.03. The molecular weight excluding hydrogens is 139 g/mol. The van der Waals surface area contributed by atoms with Crippen LogP contribution in [-0.2, 0) is 0 Å². The maximum atomic E-state index is 2.40. The van der Waals surface area contributed by atoms with Gasteiger partial charge in [0.25, 0.3) is 0 Å². The molecule has 0 aromatic carbocycles. The molecule has 66 valence electrons. The summed E-state index contributed by atoms with van der Waals surface area (Å²) in [5, 5.41) is 0.971. The average molecular weight is 162 g/mol. The number of hydrogen-bond donors (Lipinski definition) is 0. The molecule has 0 saturated carbocycles. The second-order valence-electron chi connectivity index (χ2n) is 5.41. The van der Waals surface area contributed by atoms with Crippen LogP contribution in [0.1, 0.15) is 40.5 Å². The molecule has 12 heavy (non-hydrogen) atoms. The molecule has 0 radical (unpaired) electrons. The Labute approximate surface area is 81.6 Å². The van der Waals surface area contributed by atoms with Gasteiger partial charge < -0.3 is 0 Å². The molecule has 0 unspecified atom stereocenters. The third kappa shape index (κ3) is 2.64. The van der Waals surface area contributed by atoms with Crippen molar-refractivity contribution in [1.29, 1.82) is 0 Å². The van der Waals surface area contributed by atoms with Crippen molar-refractivity contribution >= 4 is 30.0 Å². The Morgan fingerprint density at radius 1 is 1.00 bits per heavy atom. The third-order valence-electron chi connectivity index (χ3n) is 4.17. The molecule has 0 aliphatic carbocycles. The Bertz CT molecular complexity index is 126. The first-order chi connectivity index (χ1) is 5.28. The van der Waals surface area contributed by atoms with Crippen LogP contribution in [0, 0.1) is 0 Å². The van der Waals surface area contributed by atoms with Gasteiger partial charge >= 0.3 is 0 Å². The van der Waals surface area contributed by atoms with E-state index in [1.54, 1.807) is 0 Å². The van der Waals surface area contributed by atoms with E-state index >= 15 is 0 Å². The van der Waals surface area contributed by atoms with Gasteiger partial charge in [-0.15, -0.1) is 0 Å². The van der Waals surface area contributed by atoms with Gasteiger partial charge in [0.2, 0.25) is 0 Å². The molecule has 4 heteroatoms. The molecule has 0 amide bonds. The highest BCUT2D eigenvalue weighted by atomic mass is 14.1. The van der Waals surface area contributed by atoms with Crippen molar-refractivity contribution in [3.05, 3.63) is 0 Å². The van der Waals surface area contributed by atoms with Gasteiger partial charge in [-0.05, 0) is 0 Å². The van der Waals surface area contributed by atoms with E-state index in [1.165, 1.54) is 12.8 Å². The molecule has 0 fully saturated rings. The van der Waals surface area contributed by atoms with E-state index in [0.29, 0.717) is 10.4 Å². The van der Waals surface area contributed by atoms with Crippen LogP contribution in [0.25, 0.3) is 0 Å². The third-order valence-corrected chi connectivity index (χ3v) is 4.17. The van der Waals surface area contributed by atoms with E-state index in [1.807, 2.05) is 0 Å². The van der Waals surface area contributed by atoms with Gasteiger partial charge in [0.1, 0.15) is 0 Å². The summed E-state index contributed by atoms with van der Waals surface area (Å²) in [6.45, 7) is 10.1. The number of rotatable bonds is 4. The Hall–Kier alpha value is 0.260. The quantitative estimate of drug-likeness (QED) is 0.515. The lowest BCUT2D eigenvalue weighted by Gasteiger charge is -2.40. The van der Waals surface area contributed by atoms with E-state index in [9.17, 15) is 0 Å². The van der Waals surface area contributed by atoms with Crippen molar-refractivity contribution in [3.8, 4) is 0 Å². The van der Waals surface area contributed by atoms with Crippen molar-refractivity contribution in [2.75, 3.05) is 0 Å². The molecule has 0 saturated heterocycles. The van der Waals surface area contributed by atoms with E-state index in [-0.39, 0.29) is 0 Å². The van der Waals surface area contributed by atoms with Crippen LogP contribution in [0.5, 0.6) is 0 Å². The molecule has 0 rings (SSSR count). The molecule has 0 aliphatic rings. The Balaban J connectivity index is 4.47. The molecule has 0 spiro atoms. The van der Waals surface area contributed by atoms with E-state index in [0.717, 1.165) is 6.60 Å². The van der Waals surface area contributed by atoms with Crippen LogP contribution in [0.15, 0.2) is 0 Å². The minimum Gasteiger partial charge on any atom is -0.0876 e. The second-order valence-corrected chi connectivity index (χ2v) is 5.41. The standard InChI is InChI=1S/C8H22B4/c1-5-7(3,9)12(11)8(4,10)6-2/h5-6,9-11H2,1-4H3/t7-,8+. The van der Waals surface area contributed by atoms with Gasteiger partial charge in [0, 0.05) is 0 Å². The summed E-state index contributed by atoms with van der Waals surface area (Å²) in [6, 6.07) is 0. The number of hydrogen-bond acceptors (Lipinski definition) is 0. The van der Waals surface area contributed by atoms with Gasteiger partial charge in [-0.2, -0.15) is 0 Å². The van der Waals surface area contributed by atoms with Crippen molar-refractivity contribution < 1.29 is 0 Å². The fourth-order valence-electron chi connectivity index (χ4n) is 1.67. The summed E-state index contributed by atoms with van der Waals surface area (Å²) < 4.78 is 0. The van der Waals surface area contributed by atoms with Crippen LogP contribution < -0.4 is 0 Å². The zero-order valence-corrected chi connectivity index (χ0v) is 9.99. The molecule has 0 nitrogen and oxygen atoms in total. The normalized spacial score (nSPS) is 21.0. The second kappa shape index (κ2) is 3.98. The van der Waals surface area contributed by atoms with Crippen molar-refractivity contribution in [2.45, 2.75) is 51.0 Å². The largest absolute Gasteiger partial charge is 0.0988 e. The highest BCUT2D eigenvalue weighted by Gasteiger charge is 2.36. The fraction of sp³-hybridized carbons (Fsp3) is 1.00. The molecule has 0 aromatic heterocycles. The fourth-order valence-corrected chi connectivity index (χ4v) is 1.67. The lowest BCUT2D eigenvalue weighted by Crippen LogP contribution is -2.42. The first kappa shape index (κ1) is 12.3. The summed E-state index contributed by atoms with van der Waals surface area (Å²) >= 11 is 0. The van der Waals surface area contributed by atoms with Crippen LogP contribution in [-0.4, -0.2) is 30.0 Å². The summed E-state index contributed by atoms with van der Waals surface area (Å²) in [5.74, 6) is 0. The van der Waals surface area contributed by atoms with E-state index < -0.39 is 0 Å². The lowest BCUT2D eigenvalue weighted by atomic mass is 9.05. The van der Waals surface area contributed by atoms with Crippen LogP contribution in [0.3, 0.4) is 0 Å². The highest BCUT2D eigenvalue weighted by molar-refractivity contribution is 7.11. The maximum Gasteiger partial charge on any atom is 0.0988 e. The highest BCUT2D eigenvalue weighted by Crippen LogP contribution is 2.40. The summed E-state index contributed by atoms with van der Waals surface area (Å²) in [6.07, 6.45) is 2.55. The monoisotopic (exact) mass is 162 g/mol. The van der Waals surface area contributed by atoms with Crippen molar-refractivity contribution in [1.82, 2.24) is 0 Å². The Morgan fingerprint density at radius 2 is 1.25 bits per heavy atom. The summed E-state index contributed by atoms with van der Waals surface area (Å²) in [7, 11) is 7.16. The topological polar surface area (TPSA) is 0 Å². The minimum absolute atomic E-state index is 0.486. The molecule has 0 heterocycles. The van der Waals surface area contributed by atoms with Crippen molar-refractivity contribution in [2.24, 2.45) is 0 Å². The zero-order chi connectivity index (χ0) is 9.99. The van der Waals surface area contributed by atoms with Crippen LogP contribution in [0.2, 0.25) is 10.4 Å².